The van der Waals surface area contributed by atoms with E-state index in [1.165, 1.54) is 17.8 Å². The van der Waals surface area contributed by atoms with Crippen LogP contribution < -0.4 is 5.32 Å². The fourth-order valence-corrected chi connectivity index (χ4v) is 2.36. The Bertz CT molecular complexity index is 357. The molecule has 2 N–H and O–H groups in total. The highest BCUT2D eigenvalue weighted by atomic mass is 32.2. The van der Waals surface area contributed by atoms with E-state index in [0.29, 0.717) is 18.2 Å². The Hall–Kier alpha value is -0.580. The van der Waals surface area contributed by atoms with Gasteiger partial charge in [-0.3, -0.25) is 0 Å². The molecule has 0 bridgehead atoms. The number of nitrogens with one attached hydrogen (secondary N) is 1. The predicted octanol–water partition coefficient (Wildman–Crippen LogP) is 2.80. The van der Waals surface area contributed by atoms with Gasteiger partial charge in [-0.25, -0.2) is 4.39 Å². The van der Waals surface area contributed by atoms with Gasteiger partial charge in [0.2, 0.25) is 0 Å². The molecule has 0 aromatic heterocycles. The van der Waals surface area contributed by atoms with Gasteiger partial charge in [0.25, 0.3) is 0 Å². The second-order valence-electron chi connectivity index (χ2n) is 4.36. The molecule has 4 heteroatoms. The van der Waals surface area contributed by atoms with Gasteiger partial charge >= 0.3 is 0 Å². The molecular formula is C13H20FNOS. The molecule has 0 saturated carbocycles. The van der Waals surface area contributed by atoms with E-state index in [9.17, 15) is 4.39 Å². The molecule has 96 valence electrons. The van der Waals surface area contributed by atoms with E-state index in [2.05, 4.69) is 5.32 Å². The lowest BCUT2D eigenvalue weighted by Crippen LogP contribution is -2.23. The Morgan fingerprint density at radius 1 is 1.35 bits per heavy atom. The molecule has 0 fully saturated rings. The van der Waals surface area contributed by atoms with Crippen molar-refractivity contribution >= 4 is 11.8 Å². The van der Waals surface area contributed by atoms with Gasteiger partial charge < -0.3 is 10.4 Å². The molecule has 0 aliphatic rings. The zero-order valence-electron chi connectivity index (χ0n) is 10.5. The summed E-state index contributed by atoms with van der Waals surface area (Å²) in [6.07, 6.45) is 0. The maximum atomic E-state index is 13.7. The number of benzene rings is 1. The van der Waals surface area contributed by atoms with Crippen molar-refractivity contribution in [3.8, 4) is 0 Å². The fraction of sp³-hybridized carbons (Fsp3) is 0.538. The Morgan fingerprint density at radius 2 is 2.06 bits per heavy atom. The monoisotopic (exact) mass is 257 g/mol. The molecule has 0 heterocycles. The predicted molar refractivity (Wildman–Crippen MR) is 70.8 cm³/mol. The summed E-state index contributed by atoms with van der Waals surface area (Å²) >= 11 is 1.51. The highest BCUT2D eigenvalue weighted by Crippen LogP contribution is 2.28. The first kappa shape index (κ1) is 14.5. The maximum Gasteiger partial charge on any atom is 0.128 e. The maximum absolute atomic E-state index is 13.7. The molecule has 0 radical (unpaired) electrons. The summed E-state index contributed by atoms with van der Waals surface area (Å²) in [6.45, 7) is 6.60. The second-order valence-corrected chi connectivity index (χ2v) is 5.84. The largest absolute Gasteiger partial charge is 0.395 e. The van der Waals surface area contributed by atoms with Gasteiger partial charge in [0.15, 0.2) is 0 Å². The van der Waals surface area contributed by atoms with Crippen LogP contribution in [0.4, 0.5) is 4.39 Å². The Kier molecular flexibility index (Phi) is 5.95. The van der Waals surface area contributed by atoms with E-state index in [1.54, 1.807) is 6.07 Å². The summed E-state index contributed by atoms with van der Waals surface area (Å²) in [5.41, 5.74) is 0.687. The number of hydrogen-bond donors (Lipinski definition) is 2. The molecule has 0 saturated heterocycles. The van der Waals surface area contributed by atoms with Crippen LogP contribution in [0.1, 0.15) is 26.3 Å². The van der Waals surface area contributed by atoms with Crippen molar-refractivity contribution in [2.45, 2.75) is 43.5 Å². The van der Waals surface area contributed by atoms with Gasteiger partial charge in [0.05, 0.1) is 6.61 Å². The number of halogens is 1. The van der Waals surface area contributed by atoms with E-state index in [1.807, 2.05) is 26.8 Å². The van der Waals surface area contributed by atoms with Crippen LogP contribution in [0.5, 0.6) is 0 Å². The van der Waals surface area contributed by atoms with Crippen LogP contribution in [0.2, 0.25) is 0 Å². The second kappa shape index (κ2) is 6.99. The third-order valence-electron chi connectivity index (χ3n) is 2.35. The van der Waals surface area contributed by atoms with E-state index in [0.717, 1.165) is 4.90 Å². The van der Waals surface area contributed by atoms with Crippen molar-refractivity contribution < 1.29 is 9.50 Å². The number of aliphatic hydroxyl groups is 1. The van der Waals surface area contributed by atoms with Crippen molar-refractivity contribution in [3.05, 3.63) is 29.6 Å². The molecular weight excluding hydrogens is 237 g/mol. The van der Waals surface area contributed by atoms with Gasteiger partial charge in [-0.1, -0.05) is 26.8 Å². The lowest BCUT2D eigenvalue weighted by molar-refractivity contribution is 0.300. The normalized spacial score (nSPS) is 13.1. The summed E-state index contributed by atoms with van der Waals surface area (Å²) in [7, 11) is 0. The summed E-state index contributed by atoms with van der Waals surface area (Å²) in [5.74, 6) is -0.187. The topological polar surface area (TPSA) is 32.3 Å². The Labute approximate surface area is 107 Å². The molecule has 0 amide bonds. The quantitative estimate of drug-likeness (QED) is 0.769. The lowest BCUT2D eigenvalue weighted by Gasteiger charge is -2.15. The molecule has 0 spiro atoms. The van der Waals surface area contributed by atoms with Crippen LogP contribution in [0.3, 0.4) is 0 Å². The average molecular weight is 257 g/mol. The third-order valence-corrected chi connectivity index (χ3v) is 3.54. The van der Waals surface area contributed by atoms with Crippen LogP contribution in [0, 0.1) is 5.82 Å². The standard InChI is InChI=1S/C13H20FNOS/c1-9(2)15-7-11-12(14)5-4-6-13(11)17-10(3)8-16/h4-6,9-10,15-16H,7-8H2,1-3H3. The first-order valence-corrected chi connectivity index (χ1v) is 6.70. The highest BCUT2D eigenvalue weighted by Gasteiger charge is 2.11. The summed E-state index contributed by atoms with van der Waals surface area (Å²) in [6, 6.07) is 5.41. The zero-order valence-corrected chi connectivity index (χ0v) is 11.4. The smallest absolute Gasteiger partial charge is 0.128 e. The molecule has 17 heavy (non-hydrogen) atoms. The Morgan fingerprint density at radius 3 is 2.65 bits per heavy atom. The molecule has 1 unspecified atom stereocenters. The van der Waals surface area contributed by atoms with Gasteiger partial charge in [-0.05, 0) is 12.1 Å². The van der Waals surface area contributed by atoms with Crippen LogP contribution in [-0.2, 0) is 6.54 Å². The molecule has 1 aromatic carbocycles. The minimum Gasteiger partial charge on any atom is -0.395 e. The highest BCUT2D eigenvalue weighted by molar-refractivity contribution is 8.00. The average Bonchev–Trinajstić information content (AvgIpc) is 2.27. The minimum atomic E-state index is -0.187. The van der Waals surface area contributed by atoms with Crippen molar-refractivity contribution in [2.24, 2.45) is 0 Å². The number of thioether (sulfide) groups is 1. The Balaban J connectivity index is 2.84. The van der Waals surface area contributed by atoms with Crippen LogP contribution in [-0.4, -0.2) is 23.0 Å². The van der Waals surface area contributed by atoms with Gasteiger partial charge in [-0.15, -0.1) is 11.8 Å². The van der Waals surface area contributed by atoms with Crippen LogP contribution in [0.25, 0.3) is 0 Å². The number of hydrogen-bond acceptors (Lipinski definition) is 3. The van der Waals surface area contributed by atoms with Crippen LogP contribution >= 0.6 is 11.8 Å². The molecule has 1 atom stereocenters. The molecule has 1 rings (SSSR count). The summed E-state index contributed by atoms with van der Waals surface area (Å²) in [4.78, 5) is 0.903. The molecule has 2 nitrogen and oxygen atoms in total. The van der Waals surface area contributed by atoms with Crippen molar-refractivity contribution in [3.63, 3.8) is 0 Å². The number of rotatable bonds is 6. The van der Waals surface area contributed by atoms with Gasteiger partial charge in [0.1, 0.15) is 5.82 Å². The van der Waals surface area contributed by atoms with Crippen molar-refractivity contribution in [1.29, 1.82) is 0 Å². The SMILES string of the molecule is CC(C)NCc1c(F)cccc1SC(C)CO. The van der Waals surface area contributed by atoms with Gasteiger partial charge in [0, 0.05) is 28.3 Å². The summed E-state index contributed by atoms with van der Waals surface area (Å²) in [5, 5.41) is 12.3. The summed E-state index contributed by atoms with van der Waals surface area (Å²) < 4.78 is 13.7. The first-order chi connectivity index (χ1) is 8.04. The number of aliphatic hydroxyl groups excluding tert-OH is 1. The van der Waals surface area contributed by atoms with Crippen LogP contribution in [0.15, 0.2) is 23.1 Å². The van der Waals surface area contributed by atoms with E-state index < -0.39 is 0 Å². The molecule has 1 aromatic rings. The minimum absolute atomic E-state index is 0.0783. The molecule has 0 aliphatic heterocycles. The van der Waals surface area contributed by atoms with E-state index in [4.69, 9.17) is 5.11 Å². The van der Waals surface area contributed by atoms with E-state index in [-0.39, 0.29) is 17.7 Å². The molecule has 0 aliphatic carbocycles. The van der Waals surface area contributed by atoms with Crippen molar-refractivity contribution in [1.82, 2.24) is 5.32 Å². The fourth-order valence-electron chi connectivity index (χ4n) is 1.38. The lowest BCUT2D eigenvalue weighted by atomic mass is 10.2. The van der Waals surface area contributed by atoms with Crippen molar-refractivity contribution in [2.75, 3.05) is 6.61 Å². The first-order valence-electron chi connectivity index (χ1n) is 5.83. The van der Waals surface area contributed by atoms with E-state index >= 15 is 0 Å². The van der Waals surface area contributed by atoms with Gasteiger partial charge in [-0.2, -0.15) is 0 Å². The third kappa shape index (κ3) is 4.66. The zero-order chi connectivity index (χ0) is 12.8.